The molecule has 1 heterocycles. The van der Waals surface area contributed by atoms with E-state index in [1.807, 2.05) is 0 Å². The molecule has 0 saturated carbocycles. The molecule has 1 aromatic carbocycles. The van der Waals surface area contributed by atoms with Crippen molar-refractivity contribution in [3.05, 3.63) is 29.3 Å². The molecule has 1 fully saturated rings. The van der Waals surface area contributed by atoms with Crippen molar-refractivity contribution in [3.8, 4) is 5.75 Å². The topological polar surface area (TPSA) is 204 Å². The van der Waals surface area contributed by atoms with Gasteiger partial charge >= 0.3 is 11.9 Å². The summed E-state index contributed by atoms with van der Waals surface area (Å²) in [6.07, 6.45) is -6.23. The number of aliphatic hydroxyl groups excluding tert-OH is 3. The maximum absolute atomic E-state index is 12.7. The zero-order valence-corrected chi connectivity index (χ0v) is 19.4. The second-order valence-electron chi connectivity index (χ2n) is 8.35. The zero-order valence-electron chi connectivity index (χ0n) is 19.4. The molecule has 13 nitrogen and oxygen atoms in total. The molecule has 4 atom stereocenters. The first kappa shape index (κ1) is 28.4. The first-order valence-corrected chi connectivity index (χ1v) is 10.9. The molecule has 1 amide bonds. The van der Waals surface area contributed by atoms with Gasteiger partial charge in [-0.2, -0.15) is 0 Å². The molecule has 13 heteroatoms. The summed E-state index contributed by atoms with van der Waals surface area (Å²) >= 11 is 0. The standard InChI is InChI=1S/C22H31NO12/c1-22(2,31)21(30)33-8-7-32-6-5-23-19(27)13-9-12(11-24)3-4-15(13)34-16-10-14(25)17(26)18(35-16)20(28)29/h3-4,9,14,16-18,24-26,31H,5-8,10-11H2,1-2H3,(H,23,27)(H,28,29)/p+1/t14-,16-,17+,18?/m1/s1. The number of nitrogens with one attached hydrogen (secondary N) is 1. The van der Waals surface area contributed by atoms with Crippen molar-refractivity contribution in [2.45, 2.75) is 57.1 Å². The predicted octanol–water partition coefficient (Wildman–Crippen LogP) is -1.73. The normalized spacial score (nSPS) is 22.3. The Balaban J connectivity index is 1.92. The van der Waals surface area contributed by atoms with Gasteiger partial charge in [0.1, 0.15) is 18.5 Å². The quantitative estimate of drug-likeness (QED) is 0.123. The minimum absolute atomic E-state index is 0.0169. The Morgan fingerprint density at radius 3 is 2.54 bits per heavy atom. The summed E-state index contributed by atoms with van der Waals surface area (Å²) in [6.45, 7) is 2.70. The molecule has 0 radical (unpaired) electrons. The van der Waals surface area contributed by atoms with Crippen LogP contribution in [0, 0.1) is 0 Å². The molecule has 0 bridgehead atoms. The first-order valence-electron chi connectivity index (χ1n) is 10.9. The van der Waals surface area contributed by atoms with Gasteiger partial charge in [-0.25, -0.2) is 9.59 Å². The number of aliphatic hydroxyl groups is 3. The smallest absolute Gasteiger partial charge is 0.389 e. The predicted molar refractivity (Wildman–Crippen MR) is 118 cm³/mol. The van der Waals surface area contributed by atoms with E-state index in [4.69, 9.17) is 24.1 Å². The maximum atomic E-state index is 12.7. The molecule has 7 N–H and O–H groups in total. The number of carbonyl (C=O) groups is 3. The molecular weight excluding hydrogens is 470 g/mol. The van der Waals surface area contributed by atoms with E-state index >= 15 is 0 Å². The fourth-order valence-electron chi connectivity index (χ4n) is 3.02. The molecular formula is C22H32NO12+. The van der Waals surface area contributed by atoms with Crippen molar-refractivity contribution >= 4 is 17.8 Å². The van der Waals surface area contributed by atoms with E-state index in [1.54, 1.807) is 0 Å². The van der Waals surface area contributed by atoms with E-state index in [-0.39, 0.29) is 50.7 Å². The van der Waals surface area contributed by atoms with Crippen LogP contribution in [0.4, 0.5) is 0 Å². The van der Waals surface area contributed by atoms with Crippen LogP contribution < -0.4 is 10.1 Å². The fraction of sp³-hybridized carbons (Fsp3) is 0.591. The third-order valence-corrected chi connectivity index (χ3v) is 4.91. The molecule has 196 valence electrons. The highest BCUT2D eigenvalue weighted by atomic mass is 16.7. The van der Waals surface area contributed by atoms with Crippen LogP contribution in [-0.4, -0.2) is 99.9 Å². The van der Waals surface area contributed by atoms with Gasteiger partial charge in [0.25, 0.3) is 11.5 Å². The third kappa shape index (κ3) is 8.42. The summed E-state index contributed by atoms with van der Waals surface area (Å²) in [5, 5.41) is 48.5. The molecule has 1 unspecified atom stereocenters. The van der Waals surface area contributed by atoms with Crippen molar-refractivity contribution in [1.82, 2.24) is 5.32 Å². The molecule has 0 aromatic heterocycles. The van der Waals surface area contributed by atoms with Gasteiger partial charge in [-0.3, -0.25) is 4.79 Å². The van der Waals surface area contributed by atoms with Gasteiger partial charge < -0.3 is 49.8 Å². The Morgan fingerprint density at radius 1 is 1.20 bits per heavy atom. The van der Waals surface area contributed by atoms with Crippen LogP contribution in [0.1, 0.15) is 36.2 Å². The molecule has 2 rings (SSSR count). The fourth-order valence-corrected chi connectivity index (χ4v) is 3.02. The number of hydrogen-bond acceptors (Lipinski definition) is 10. The molecule has 1 aliphatic rings. The number of carbonyl (C=O) groups excluding carboxylic acids is 2. The van der Waals surface area contributed by atoms with Crippen LogP contribution in [-0.2, 0) is 30.4 Å². The largest absolute Gasteiger partial charge is 0.479 e. The first-order chi connectivity index (χ1) is 16.4. The van der Waals surface area contributed by atoms with Gasteiger partial charge in [-0.15, -0.1) is 0 Å². The monoisotopic (exact) mass is 502 g/mol. The Labute approximate surface area is 201 Å². The van der Waals surface area contributed by atoms with Crippen molar-refractivity contribution in [2.24, 2.45) is 0 Å². The SMILES string of the molecule is CC(C)([OH2+])C(=O)OCCOCCNC(=O)c1cc(CO)ccc1O[C@H]1C[C@@H](O)[C@H](O)C(C(=O)O)O1. The van der Waals surface area contributed by atoms with Crippen LogP contribution in [0.5, 0.6) is 5.75 Å². The van der Waals surface area contributed by atoms with Crippen LogP contribution in [0.3, 0.4) is 0 Å². The number of carboxylic acids is 1. The summed E-state index contributed by atoms with van der Waals surface area (Å²) in [7, 11) is 0. The Kier molecular flexibility index (Phi) is 10.4. The minimum atomic E-state index is -1.71. The molecule has 35 heavy (non-hydrogen) atoms. The number of ether oxygens (including phenoxy) is 4. The average Bonchev–Trinajstić information content (AvgIpc) is 2.79. The summed E-state index contributed by atoms with van der Waals surface area (Å²) in [5.41, 5.74) is -0.910. The van der Waals surface area contributed by atoms with Gasteiger partial charge in [0.05, 0.1) is 31.5 Å². The van der Waals surface area contributed by atoms with E-state index in [9.17, 15) is 34.8 Å². The number of benzene rings is 1. The Bertz CT molecular complexity index is 884. The number of rotatable bonds is 12. The van der Waals surface area contributed by atoms with E-state index in [0.717, 1.165) is 0 Å². The number of hydrogen-bond donors (Lipinski definition) is 5. The van der Waals surface area contributed by atoms with E-state index in [1.165, 1.54) is 32.0 Å². The highest BCUT2D eigenvalue weighted by Gasteiger charge is 2.42. The van der Waals surface area contributed by atoms with Crippen LogP contribution >= 0.6 is 0 Å². The molecule has 1 aromatic rings. The minimum Gasteiger partial charge on any atom is -0.479 e. The van der Waals surface area contributed by atoms with E-state index in [2.05, 4.69) is 5.32 Å². The van der Waals surface area contributed by atoms with Gasteiger partial charge in [0.15, 0.2) is 6.10 Å². The molecule has 0 spiro atoms. The Hall–Kier alpha value is -2.81. The van der Waals surface area contributed by atoms with Gasteiger partial charge in [-0.05, 0) is 17.7 Å². The van der Waals surface area contributed by atoms with Crippen molar-refractivity contribution in [2.75, 3.05) is 26.4 Å². The number of esters is 1. The van der Waals surface area contributed by atoms with Crippen LogP contribution in [0.2, 0.25) is 0 Å². The van der Waals surface area contributed by atoms with Crippen molar-refractivity contribution < 1.29 is 58.9 Å². The Morgan fingerprint density at radius 2 is 1.91 bits per heavy atom. The number of aliphatic carboxylic acids is 1. The van der Waals surface area contributed by atoms with Crippen LogP contribution in [0.25, 0.3) is 0 Å². The highest BCUT2D eigenvalue weighted by Crippen LogP contribution is 2.27. The van der Waals surface area contributed by atoms with E-state index in [0.29, 0.717) is 5.56 Å². The van der Waals surface area contributed by atoms with Crippen molar-refractivity contribution in [3.63, 3.8) is 0 Å². The lowest BCUT2D eigenvalue weighted by Crippen LogP contribution is -2.53. The van der Waals surface area contributed by atoms with Gasteiger partial charge in [0.2, 0.25) is 6.29 Å². The second kappa shape index (κ2) is 12.8. The molecule has 0 aliphatic carbocycles. The van der Waals surface area contributed by atoms with Crippen LogP contribution in [0.15, 0.2) is 18.2 Å². The third-order valence-electron chi connectivity index (χ3n) is 4.91. The van der Waals surface area contributed by atoms with E-state index < -0.39 is 48.0 Å². The van der Waals surface area contributed by atoms with Crippen molar-refractivity contribution in [1.29, 1.82) is 0 Å². The lowest BCUT2D eigenvalue weighted by Gasteiger charge is -2.35. The summed E-state index contributed by atoms with van der Waals surface area (Å²) in [4.78, 5) is 35.5. The maximum Gasteiger partial charge on any atom is 0.389 e. The van der Waals surface area contributed by atoms with Gasteiger partial charge in [-0.1, -0.05) is 6.07 Å². The van der Waals surface area contributed by atoms with Gasteiger partial charge in [0, 0.05) is 26.8 Å². The summed E-state index contributed by atoms with van der Waals surface area (Å²) in [6, 6.07) is 4.28. The molecule has 1 saturated heterocycles. The summed E-state index contributed by atoms with van der Waals surface area (Å²) < 4.78 is 21.0. The lowest BCUT2D eigenvalue weighted by molar-refractivity contribution is -0.228. The average molecular weight is 502 g/mol. The lowest BCUT2D eigenvalue weighted by atomic mass is 10.0. The summed E-state index contributed by atoms with van der Waals surface area (Å²) in [5.74, 6) is -2.71. The second-order valence-corrected chi connectivity index (χ2v) is 8.35. The number of carboxylic acid groups (broad SMARTS) is 1. The zero-order chi connectivity index (χ0) is 26.2. The molecule has 1 aliphatic heterocycles. The number of amides is 1. The highest BCUT2D eigenvalue weighted by molar-refractivity contribution is 5.97.